The van der Waals surface area contributed by atoms with Crippen LogP contribution in [0.15, 0.2) is 54.6 Å². The summed E-state index contributed by atoms with van der Waals surface area (Å²) in [6, 6.07) is 19.5. The average molecular weight is 347 g/mol. The highest BCUT2D eigenvalue weighted by atomic mass is 15.6. The molecule has 5 nitrogen and oxygen atoms in total. The predicted octanol–water partition coefficient (Wildman–Crippen LogP) is 3.88. The fraction of sp³-hybridized carbons (Fsp3) is 0.381. The smallest absolute Gasteiger partial charge is 0.204 e. The molecule has 1 unspecified atom stereocenters. The van der Waals surface area contributed by atoms with Crippen molar-refractivity contribution >= 4 is 0 Å². The van der Waals surface area contributed by atoms with Crippen molar-refractivity contribution in [3.05, 3.63) is 65.7 Å². The van der Waals surface area contributed by atoms with Gasteiger partial charge in [-0.1, -0.05) is 60.2 Å². The Morgan fingerprint density at radius 2 is 1.92 bits per heavy atom. The van der Waals surface area contributed by atoms with E-state index in [2.05, 4.69) is 51.5 Å². The third-order valence-electron chi connectivity index (χ3n) is 5.08. The Bertz CT molecular complexity index is 842. The highest BCUT2D eigenvalue weighted by molar-refractivity contribution is 5.52. The van der Waals surface area contributed by atoms with Gasteiger partial charge in [-0.05, 0) is 43.5 Å². The first kappa shape index (κ1) is 16.9. The van der Waals surface area contributed by atoms with Crippen LogP contribution in [-0.2, 0) is 6.54 Å². The van der Waals surface area contributed by atoms with E-state index in [9.17, 15) is 0 Å². The lowest BCUT2D eigenvalue weighted by Gasteiger charge is -2.25. The summed E-state index contributed by atoms with van der Waals surface area (Å²) in [4.78, 5) is 4.32. The van der Waals surface area contributed by atoms with E-state index in [1.807, 2.05) is 30.3 Å². The molecule has 1 aliphatic rings. The number of benzene rings is 2. The Morgan fingerprint density at radius 1 is 1.04 bits per heavy atom. The van der Waals surface area contributed by atoms with E-state index >= 15 is 0 Å². The van der Waals surface area contributed by atoms with Crippen molar-refractivity contribution in [3.8, 4) is 11.4 Å². The molecular formula is C21H25N5. The Labute approximate surface area is 154 Å². The number of hydrogen-bond acceptors (Lipinski definition) is 4. The molecule has 2 aromatic carbocycles. The van der Waals surface area contributed by atoms with E-state index in [4.69, 9.17) is 0 Å². The van der Waals surface area contributed by atoms with Gasteiger partial charge in [0, 0.05) is 18.2 Å². The first-order valence-corrected chi connectivity index (χ1v) is 9.43. The van der Waals surface area contributed by atoms with Crippen LogP contribution in [-0.4, -0.2) is 38.2 Å². The zero-order chi connectivity index (χ0) is 17.8. The molecule has 3 aromatic rings. The van der Waals surface area contributed by atoms with Crippen LogP contribution < -0.4 is 0 Å². The maximum absolute atomic E-state index is 4.51. The van der Waals surface area contributed by atoms with E-state index in [0.717, 1.165) is 25.1 Å². The summed E-state index contributed by atoms with van der Waals surface area (Å²) in [5.74, 6) is 0.699. The van der Waals surface area contributed by atoms with Crippen molar-refractivity contribution in [2.24, 2.45) is 0 Å². The molecule has 2 heterocycles. The van der Waals surface area contributed by atoms with Gasteiger partial charge in [0.05, 0.1) is 6.54 Å². The number of rotatable bonds is 6. The Balaban J connectivity index is 1.34. The van der Waals surface area contributed by atoms with Gasteiger partial charge in [-0.3, -0.25) is 4.90 Å². The minimum Gasteiger partial charge on any atom is -0.296 e. The first-order valence-electron chi connectivity index (χ1n) is 9.43. The highest BCUT2D eigenvalue weighted by Crippen LogP contribution is 2.32. The molecule has 0 radical (unpaired) electrons. The molecule has 4 rings (SSSR count). The monoisotopic (exact) mass is 347 g/mol. The van der Waals surface area contributed by atoms with E-state index in [1.165, 1.54) is 30.5 Å². The van der Waals surface area contributed by atoms with Gasteiger partial charge in [-0.15, -0.1) is 10.2 Å². The summed E-state index contributed by atoms with van der Waals surface area (Å²) >= 11 is 0. The molecule has 0 amide bonds. The number of aromatic nitrogens is 4. The number of nitrogens with zero attached hydrogens (tertiary/aromatic N) is 5. The molecule has 1 aromatic heterocycles. The topological polar surface area (TPSA) is 46.8 Å². The molecule has 1 saturated heterocycles. The van der Waals surface area contributed by atoms with E-state index in [0.29, 0.717) is 11.9 Å². The lowest BCUT2D eigenvalue weighted by molar-refractivity contribution is 0.245. The van der Waals surface area contributed by atoms with Gasteiger partial charge < -0.3 is 0 Å². The Kier molecular flexibility index (Phi) is 5.07. The number of aryl methyl sites for hydroxylation is 2. The maximum atomic E-state index is 4.51. The summed E-state index contributed by atoms with van der Waals surface area (Å²) in [5.41, 5.74) is 3.81. The van der Waals surface area contributed by atoms with E-state index in [-0.39, 0.29) is 0 Å². The number of hydrogen-bond donors (Lipinski definition) is 0. The summed E-state index contributed by atoms with van der Waals surface area (Å²) in [7, 11) is 0. The normalized spacial score (nSPS) is 17.7. The van der Waals surface area contributed by atoms with Gasteiger partial charge in [0.1, 0.15) is 0 Å². The molecule has 0 spiro atoms. The quantitative estimate of drug-likeness (QED) is 0.679. The molecule has 1 fully saturated rings. The molecular weight excluding hydrogens is 322 g/mol. The van der Waals surface area contributed by atoms with Crippen molar-refractivity contribution in [2.75, 3.05) is 13.1 Å². The zero-order valence-corrected chi connectivity index (χ0v) is 15.3. The molecule has 0 bridgehead atoms. The van der Waals surface area contributed by atoms with Crippen molar-refractivity contribution in [1.29, 1.82) is 0 Å². The molecule has 1 atom stereocenters. The fourth-order valence-corrected chi connectivity index (χ4v) is 3.80. The minimum absolute atomic E-state index is 0.554. The van der Waals surface area contributed by atoms with Crippen molar-refractivity contribution in [2.45, 2.75) is 38.8 Å². The van der Waals surface area contributed by atoms with Crippen molar-refractivity contribution in [1.82, 2.24) is 25.1 Å². The number of tetrazole rings is 1. The van der Waals surface area contributed by atoms with Crippen LogP contribution in [0.2, 0.25) is 0 Å². The molecule has 5 heteroatoms. The van der Waals surface area contributed by atoms with Crippen LogP contribution in [0.3, 0.4) is 0 Å². The molecule has 134 valence electrons. The van der Waals surface area contributed by atoms with Crippen molar-refractivity contribution < 1.29 is 0 Å². The third-order valence-corrected chi connectivity index (χ3v) is 5.08. The van der Waals surface area contributed by atoms with Crippen LogP contribution >= 0.6 is 0 Å². The summed E-state index contributed by atoms with van der Waals surface area (Å²) < 4.78 is 0. The van der Waals surface area contributed by atoms with Crippen LogP contribution in [0.5, 0.6) is 0 Å². The van der Waals surface area contributed by atoms with Crippen LogP contribution in [0.1, 0.15) is 36.4 Å². The summed E-state index contributed by atoms with van der Waals surface area (Å²) in [6.07, 6.45) is 3.56. The average Bonchev–Trinajstić information content (AvgIpc) is 3.32. The SMILES string of the molecule is Cc1cccc(C2CCCN2CCCn2nnc(-c3ccccc3)n2)c1. The van der Waals surface area contributed by atoms with E-state index in [1.54, 1.807) is 4.80 Å². The standard InChI is InChI=1S/C21H25N5/c1-17-8-5-11-19(16-17)20-12-6-13-25(20)14-7-15-26-23-21(22-24-26)18-9-3-2-4-10-18/h2-5,8-11,16,20H,6-7,12-15H2,1H3. The second kappa shape index (κ2) is 7.79. The Hall–Kier alpha value is -2.53. The van der Waals surface area contributed by atoms with Crippen LogP contribution in [0, 0.1) is 6.92 Å². The molecule has 1 aliphatic heterocycles. The van der Waals surface area contributed by atoms with Crippen LogP contribution in [0.25, 0.3) is 11.4 Å². The molecule has 26 heavy (non-hydrogen) atoms. The first-order chi connectivity index (χ1) is 12.8. The van der Waals surface area contributed by atoms with Gasteiger partial charge in [0.15, 0.2) is 0 Å². The summed E-state index contributed by atoms with van der Waals surface area (Å²) in [6.45, 7) is 5.22. The van der Waals surface area contributed by atoms with Gasteiger partial charge in [0.2, 0.25) is 5.82 Å². The molecule has 0 saturated carbocycles. The predicted molar refractivity (Wildman–Crippen MR) is 103 cm³/mol. The Morgan fingerprint density at radius 3 is 2.77 bits per heavy atom. The second-order valence-corrected chi connectivity index (χ2v) is 7.04. The minimum atomic E-state index is 0.554. The highest BCUT2D eigenvalue weighted by Gasteiger charge is 2.25. The van der Waals surface area contributed by atoms with Gasteiger partial charge in [0.25, 0.3) is 0 Å². The maximum Gasteiger partial charge on any atom is 0.204 e. The van der Waals surface area contributed by atoms with E-state index < -0.39 is 0 Å². The van der Waals surface area contributed by atoms with Gasteiger partial charge >= 0.3 is 0 Å². The number of likely N-dealkylation sites (tertiary alicyclic amines) is 1. The lowest BCUT2D eigenvalue weighted by Crippen LogP contribution is -2.25. The van der Waals surface area contributed by atoms with Crippen LogP contribution in [0.4, 0.5) is 0 Å². The fourth-order valence-electron chi connectivity index (χ4n) is 3.80. The van der Waals surface area contributed by atoms with Gasteiger partial charge in [-0.25, -0.2) is 0 Å². The summed E-state index contributed by atoms with van der Waals surface area (Å²) in [5, 5.41) is 12.9. The second-order valence-electron chi connectivity index (χ2n) is 7.04. The zero-order valence-electron chi connectivity index (χ0n) is 15.3. The molecule has 0 aliphatic carbocycles. The lowest BCUT2D eigenvalue weighted by atomic mass is 10.0. The van der Waals surface area contributed by atoms with Gasteiger partial charge in [-0.2, -0.15) is 4.80 Å². The van der Waals surface area contributed by atoms with Crippen molar-refractivity contribution in [3.63, 3.8) is 0 Å². The molecule has 0 N–H and O–H groups in total. The third kappa shape index (κ3) is 3.83. The largest absolute Gasteiger partial charge is 0.296 e.